The van der Waals surface area contributed by atoms with Gasteiger partial charge in [0.05, 0.1) is 23.4 Å². The Kier molecular flexibility index (Phi) is 7.25. The van der Waals surface area contributed by atoms with E-state index >= 15 is 0 Å². The van der Waals surface area contributed by atoms with Gasteiger partial charge in [-0.1, -0.05) is 0 Å². The van der Waals surface area contributed by atoms with Crippen LogP contribution in [0, 0.1) is 0 Å². The van der Waals surface area contributed by atoms with E-state index in [9.17, 15) is 0 Å². The number of hydrogen-bond acceptors (Lipinski definition) is 2. The molecule has 2 aliphatic carbocycles. The van der Waals surface area contributed by atoms with E-state index in [1.54, 1.807) is 0 Å². The zero-order valence-electron chi connectivity index (χ0n) is 16.2. The van der Waals surface area contributed by atoms with Gasteiger partial charge in [0.15, 0.2) is 7.85 Å². The average molecular weight is 437 g/mol. The summed E-state index contributed by atoms with van der Waals surface area (Å²) in [5.41, 5.74) is 0.0516. The number of rotatable bonds is 4. The van der Waals surface area contributed by atoms with Gasteiger partial charge < -0.3 is 9.47 Å². The first-order chi connectivity index (χ1) is 10.6. The first-order valence-electron chi connectivity index (χ1n) is 9.58. The van der Waals surface area contributed by atoms with Crippen LogP contribution in [0.15, 0.2) is 0 Å². The molecule has 2 aliphatic rings. The van der Waals surface area contributed by atoms with Crippen molar-refractivity contribution in [2.75, 3.05) is 0 Å². The summed E-state index contributed by atoms with van der Waals surface area (Å²) >= 11 is 0.364. The molecule has 0 aromatic rings. The summed E-state index contributed by atoms with van der Waals surface area (Å²) in [7, 11) is 0. The van der Waals surface area contributed by atoms with Crippen LogP contribution in [0.25, 0.3) is 0 Å². The molecular weight excluding hydrogens is 399 g/mol. The van der Waals surface area contributed by atoms with E-state index < -0.39 is 0 Å². The fourth-order valence-electron chi connectivity index (χ4n) is 3.78. The van der Waals surface area contributed by atoms with Crippen LogP contribution in [0.1, 0.15) is 92.9 Å². The summed E-state index contributed by atoms with van der Waals surface area (Å²) in [5, 5.41) is 0. The van der Waals surface area contributed by atoms with Crippen molar-refractivity contribution >= 4 is 0 Å². The van der Waals surface area contributed by atoms with Crippen molar-refractivity contribution in [1.82, 2.24) is 0 Å². The van der Waals surface area contributed by atoms with E-state index in [-0.39, 0.29) is 11.2 Å². The molecule has 0 N–H and O–H groups in total. The molecule has 0 aliphatic heterocycles. The van der Waals surface area contributed by atoms with Gasteiger partial charge in [-0.15, -0.1) is 0 Å². The van der Waals surface area contributed by atoms with Gasteiger partial charge in [0.25, 0.3) is 21.2 Å². The second kappa shape index (κ2) is 8.35. The Balaban J connectivity index is 1.64. The zero-order valence-corrected chi connectivity index (χ0v) is 18.3. The van der Waals surface area contributed by atoms with Crippen molar-refractivity contribution in [1.29, 1.82) is 0 Å². The maximum atomic E-state index is 6.17. The summed E-state index contributed by atoms with van der Waals surface area (Å²) in [5.74, 6) is 0. The second-order valence-corrected chi connectivity index (χ2v) is 13.6. The number of halogens is 1. The van der Waals surface area contributed by atoms with E-state index in [1.807, 2.05) is 0 Å². The molecule has 2 rings (SSSR count). The lowest BCUT2D eigenvalue weighted by molar-refractivity contribution is -0.726. The lowest BCUT2D eigenvalue weighted by atomic mass is 9.97. The minimum atomic E-state index is 0.0258. The fourth-order valence-corrected chi connectivity index (χ4v) is 8.10. The standard InChI is InChI=1S/C20H38IO2/c1-19(2,3)22-17-11-7-15(8-12-17)21-16-9-13-18(14-10-16)23-20(4,5)6/h15-18H,7-14H2,1-6H3/q+1. The molecule has 0 amide bonds. The molecule has 23 heavy (non-hydrogen) atoms. The Labute approximate surface area is 154 Å². The van der Waals surface area contributed by atoms with E-state index in [4.69, 9.17) is 9.47 Å². The van der Waals surface area contributed by atoms with Crippen LogP contribution in [-0.2, 0) is 9.47 Å². The molecule has 0 saturated heterocycles. The monoisotopic (exact) mass is 437 g/mol. The summed E-state index contributed by atoms with van der Waals surface area (Å²) in [6.07, 6.45) is 11.9. The van der Waals surface area contributed by atoms with Crippen LogP contribution in [-0.4, -0.2) is 31.3 Å². The average Bonchev–Trinajstić information content (AvgIpc) is 2.40. The van der Waals surface area contributed by atoms with Gasteiger partial charge in [-0.25, -0.2) is 0 Å². The van der Waals surface area contributed by atoms with E-state index in [0.717, 1.165) is 7.85 Å². The molecule has 3 heteroatoms. The first kappa shape index (κ1) is 20.0. The highest BCUT2D eigenvalue weighted by atomic mass is 127. The van der Waals surface area contributed by atoms with Crippen molar-refractivity contribution in [3.63, 3.8) is 0 Å². The predicted octanol–water partition coefficient (Wildman–Crippen LogP) is 2.33. The molecule has 2 saturated carbocycles. The highest BCUT2D eigenvalue weighted by Gasteiger charge is 2.39. The summed E-state index contributed by atoms with van der Waals surface area (Å²) < 4.78 is 14.5. The quantitative estimate of drug-likeness (QED) is 0.497. The molecule has 0 unspecified atom stereocenters. The predicted molar refractivity (Wildman–Crippen MR) is 93.8 cm³/mol. The van der Waals surface area contributed by atoms with Crippen LogP contribution < -0.4 is 21.2 Å². The van der Waals surface area contributed by atoms with Gasteiger partial charge in [-0.05, 0) is 92.9 Å². The number of alkyl halides is 2. The van der Waals surface area contributed by atoms with Gasteiger partial charge in [0.2, 0.25) is 0 Å². The van der Waals surface area contributed by atoms with Crippen molar-refractivity contribution in [2.45, 2.75) is 124 Å². The molecule has 136 valence electrons. The van der Waals surface area contributed by atoms with E-state index in [2.05, 4.69) is 41.5 Å². The lowest BCUT2D eigenvalue weighted by Crippen LogP contribution is -3.68. The molecule has 0 radical (unpaired) electrons. The summed E-state index contributed by atoms with van der Waals surface area (Å²) in [4.78, 5) is 0. The number of hydrogen-bond donors (Lipinski definition) is 0. The molecule has 0 bridgehead atoms. The maximum absolute atomic E-state index is 6.17. The van der Waals surface area contributed by atoms with Crippen LogP contribution in [0.2, 0.25) is 0 Å². The van der Waals surface area contributed by atoms with Gasteiger partial charge in [0.1, 0.15) is 0 Å². The van der Waals surface area contributed by atoms with Gasteiger partial charge in [0, 0.05) is 0 Å². The lowest BCUT2D eigenvalue weighted by Gasteiger charge is -2.32. The van der Waals surface area contributed by atoms with Crippen LogP contribution in [0.3, 0.4) is 0 Å². The third-order valence-electron chi connectivity index (χ3n) is 4.60. The Morgan fingerprint density at radius 3 is 1.13 bits per heavy atom. The summed E-state index contributed by atoms with van der Waals surface area (Å²) in [6, 6.07) is 0. The highest BCUT2D eigenvalue weighted by molar-refractivity contribution is 4.77. The number of ether oxygens (including phenoxy) is 2. The highest BCUT2D eigenvalue weighted by Crippen LogP contribution is 2.25. The van der Waals surface area contributed by atoms with E-state index in [1.165, 1.54) is 51.4 Å². The Hall–Kier alpha value is 0.650. The molecule has 0 atom stereocenters. The van der Waals surface area contributed by atoms with Crippen LogP contribution in [0.5, 0.6) is 0 Å². The fraction of sp³-hybridized carbons (Fsp3) is 1.00. The summed E-state index contributed by atoms with van der Waals surface area (Å²) in [6.45, 7) is 13.1. The SMILES string of the molecule is CC(C)(C)OC1CCC([I+]C2CCC(OC(C)(C)C)CC2)CC1. The Morgan fingerprint density at radius 1 is 0.565 bits per heavy atom. The Bertz CT molecular complexity index is 306. The minimum absolute atomic E-state index is 0.0258. The molecule has 0 heterocycles. The first-order valence-corrected chi connectivity index (χ1v) is 12.1. The van der Waals surface area contributed by atoms with E-state index in [0.29, 0.717) is 33.4 Å². The van der Waals surface area contributed by atoms with Crippen molar-refractivity contribution in [3.8, 4) is 0 Å². The third kappa shape index (κ3) is 8.04. The Morgan fingerprint density at radius 2 is 0.870 bits per heavy atom. The molecule has 2 fully saturated rings. The molecule has 2 nitrogen and oxygen atoms in total. The van der Waals surface area contributed by atoms with Gasteiger partial charge in [-0.2, -0.15) is 0 Å². The smallest absolute Gasteiger partial charge is 0.275 e. The third-order valence-corrected chi connectivity index (χ3v) is 9.13. The van der Waals surface area contributed by atoms with Crippen molar-refractivity contribution in [3.05, 3.63) is 0 Å². The van der Waals surface area contributed by atoms with Crippen molar-refractivity contribution in [2.24, 2.45) is 0 Å². The second-order valence-electron chi connectivity index (χ2n) is 9.33. The zero-order chi connectivity index (χ0) is 17.1. The maximum Gasteiger partial charge on any atom is 0.275 e. The van der Waals surface area contributed by atoms with Crippen LogP contribution in [0.4, 0.5) is 0 Å². The largest absolute Gasteiger partial charge is 0.373 e. The minimum Gasteiger partial charge on any atom is -0.373 e. The van der Waals surface area contributed by atoms with Crippen LogP contribution >= 0.6 is 0 Å². The van der Waals surface area contributed by atoms with Gasteiger partial charge in [-0.3, -0.25) is 0 Å². The topological polar surface area (TPSA) is 18.5 Å². The molecular formula is C20H38IO2+. The van der Waals surface area contributed by atoms with Gasteiger partial charge >= 0.3 is 0 Å². The molecule has 0 aromatic heterocycles. The normalized spacial score (nSPS) is 33.7. The molecule has 0 spiro atoms. The molecule has 0 aromatic carbocycles. The van der Waals surface area contributed by atoms with Crippen molar-refractivity contribution < 1.29 is 30.7 Å².